The highest BCUT2D eigenvalue weighted by Crippen LogP contribution is 2.10. The molecule has 0 fully saturated rings. The zero-order valence-corrected chi connectivity index (χ0v) is 11.4. The van der Waals surface area contributed by atoms with Gasteiger partial charge >= 0.3 is 0 Å². The molecule has 0 radical (unpaired) electrons. The number of thiazole rings is 1. The molecular formula is C14H16N2OS. The average Bonchev–Trinajstić information content (AvgIpc) is 2.85. The molecule has 3 nitrogen and oxygen atoms in total. The largest absolute Gasteiger partial charge is 0.352 e. The van der Waals surface area contributed by atoms with E-state index >= 15 is 0 Å². The third-order valence-electron chi connectivity index (χ3n) is 2.91. The molecule has 0 bridgehead atoms. The summed E-state index contributed by atoms with van der Waals surface area (Å²) in [4.78, 5) is 17.1. The maximum absolute atomic E-state index is 11.9. The number of nitrogens with one attached hydrogen (secondary N) is 1. The third-order valence-corrected chi connectivity index (χ3v) is 3.75. The highest BCUT2D eigenvalue weighted by molar-refractivity contribution is 7.09. The molecule has 1 amide bonds. The number of benzene rings is 1. The lowest BCUT2D eigenvalue weighted by molar-refractivity contribution is 0.0954. The molecule has 0 atom stereocenters. The first-order chi connectivity index (χ1) is 8.66. The summed E-state index contributed by atoms with van der Waals surface area (Å²) in [6.45, 7) is 4.71. The Hall–Kier alpha value is -1.68. The molecule has 94 valence electrons. The maximum Gasteiger partial charge on any atom is 0.251 e. The van der Waals surface area contributed by atoms with Crippen molar-refractivity contribution in [3.8, 4) is 0 Å². The molecular weight excluding hydrogens is 244 g/mol. The summed E-state index contributed by atoms with van der Waals surface area (Å²) in [7, 11) is 0. The van der Waals surface area contributed by atoms with Crippen LogP contribution < -0.4 is 5.32 Å². The molecule has 0 aliphatic carbocycles. The molecule has 0 aliphatic heterocycles. The Morgan fingerprint density at radius 1 is 1.33 bits per heavy atom. The summed E-state index contributed by atoms with van der Waals surface area (Å²) in [5, 5.41) is 2.92. The summed E-state index contributed by atoms with van der Waals surface area (Å²) < 4.78 is 0. The fourth-order valence-electron chi connectivity index (χ4n) is 1.65. The van der Waals surface area contributed by atoms with Gasteiger partial charge in [-0.05, 0) is 37.1 Å². The standard InChI is InChI=1S/C14H16N2OS/c1-10-3-4-12(7-11(10)2)14(17)16-6-5-13-8-15-9-18-13/h3-4,7-9H,5-6H2,1-2H3,(H,16,17). The van der Waals surface area contributed by atoms with E-state index in [1.165, 1.54) is 10.4 Å². The average molecular weight is 260 g/mol. The van der Waals surface area contributed by atoms with Gasteiger partial charge in [-0.25, -0.2) is 0 Å². The minimum absolute atomic E-state index is 0.0115. The van der Waals surface area contributed by atoms with E-state index in [4.69, 9.17) is 0 Å². The predicted molar refractivity (Wildman–Crippen MR) is 74.1 cm³/mol. The zero-order valence-electron chi connectivity index (χ0n) is 10.6. The first-order valence-corrected chi connectivity index (χ1v) is 6.77. The highest BCUT2D eigenvalue weighted by atomic mass is 32.1. The van der Waals surface area contributed by atoms with Crippen molar-refractivity contribution >= 4 is 17.2 Å². The number of nitrogens with zero attached hydrogens (tertiary/aromatic N) is 1. The van der Waals surface area contributed by atoms with Crippen LogP contribution in [0.3, 0.4) is 0 Å². The summed E-state index contributed by atoms with van der Waals surface area (Å²) in [5.41, 5.74) is 4.88. The Kier molecular flexibility index (Phi) is 4.10. The Bertz CT molecular complexity index is 535. The van der Waals surface area contributed by atoms with Gasteiger partial charge in [0.05, 0.1) is 5.51 Å². The van der Waals surface area contributed by atoms with E-state index in [1.54, 1.807) is 16.8 Å². The molecule has 0 saturated heterocycles. The highest BCUT2D eigenvalue weighted by Gasteiger charge is 2.06. The van der Waals surface area contributed by atoms with Gasteiger partial charge in [-0.15, -0.1) is 11.3 Å². The quantitative estimate of drug-likeness (QED) is 0.918. The Morgan fingerprint density at radius 3 is 2.83 bits per heavy atom. The number of aromatic nitrogens is 1. The van der Waals surface area contributed by atoms with E-state index in [2.05, 4.69) is 10.3 Å². The van der Waals surface area contributed by atoms with E-state index in [1.807, 2.05) is 38.2 Å². The van der Waals surface area contributed by atoms with E-state index in [0.29, 0.717) is 6.54 Å². The first-order valence-electron chi connectivity index (χ1n) is 5.89. The summed E-state index contributed by atoms with van der Waals surface area (Å²) in [6.07, 6.45) is 2.67. The van der Waals surface area contributed by atoms with Crippen LogP contribution in [-0.2, 0) is 6.42 Å². The van der Waals surface area contributed by atoms with E-state index < -0.39 is 0 Å². The smallest absolute Gasteiger partial charge is 0.251 e. The second-order valence-electron chi connectivity index (χ2n) is 4.27. The molecule has 0 spiro atoms. The first kappa shape index (κ1) is 12.8. The molecule has 2 aromatic rings. The Labute approximate surface area is 111 Å². The van der Waals surface area contributed by atoms with Crippen LogP contribution in [0.4, 0.5) is 0 Å². The second-order valence-corrected chi connectivity index (χ2v) is 5.24. The fourth-order valence-corrected chi connectivity index (χ4v) is 2.25. The van der Waals surface area contributed by atoms with Gasteiger partial charge in [0.25, 0.3) is 5.91 Å². The van der Waals surface area contributed by atoms with Gasteiger partial charge in [0.1, 0.15) is 0 Å². The molecule has 4 heteroatoms. The van der Waals surface area contributed by atoms with Crippen molar-refractivity contribution in [1.29, 1.82) is 0 Å². The minimum atomic E-state index is -0.0115. The topological polar surface area (TPSA) is 42.0 Å². The zero-order chi connectivity index (χ0) is 13.0. The van der Waals surface area contributed by atoms with Crippen LogP contribution in [0.2, 0.25) is 0 Å². The molecule has 1 N–H and O–H groups in total. The number of carbonyl (C=O) groups is 1. The molecule has 1 aromatic carbocycles. The van der Waals surface area contributed by atoms with Crippen molar-refractivity contribution in [2.24, 2.45) is 0 Å². The molecule has 2 rings (SSSR count). The van der Waals surface area contributed by atoms with Gasteiger partial charge in [-0.2, -0.15) is 0 Å². The van der Waals surface area contributed by atoms with Crippen LogP contribution in [0.25, 0.3) is 0 Å². The van der Waals surface area contributed by atoms with Gasteiger partial charge in [-0.1, -0.05) is 6.07 Å². The monoisotopic (exact) mass is 260 g/mol. The number of carbonyl (C=O) groups excluding carboxylic acids is 1. The molecule has 1 aromatic heterocycles. The number of aryl methyl sites for hydroxylation is 2. The number of hydrogen-bond donors (Lipinski definition) is 1. The number of amides is 1. The Morgan fingerprint density at radius 2 is 2.17 bits per heavy atom. The second kappa shape index (κ2) is 5.78. The molecule has 18 heavy (non-hydrogen) atoms. The minimum Gasteiger partial charge on any atom is -0.352 e. The summed E-state index contributed by atoms with van der Waals surface area (Å²) in [6, 6.07) is 5.77. The predicted octanol–water partition coefficient (Wildman–Crippen LogP) is 2.73. The molecule has 0 aliphatic rings. The lowest BCUT2D eigenvalue weighted by Crippen LogP contribution is -2.25. The van der Waals surface area contributed by atoms with Crippen LogP contribution in [0.5, 0.6) is 0 Å². The SMILES string of the molecule is Cc1ccc(C(=O)NCCc2cncs2)cc1C. The lowest BCUT2D eigenvalue weighted by Gasteiger charge is -2.06. The number of hydrogen-bond acceptors (Lipinski definition) is 3. The van der Waals surface area contributed by atoms with Crippen molar-refractivity contribution in [2.75, 3.05) is 6.54 Å². The number of rotatable bonds is 4. The van der Waals surface area contributed by atoms with Gasteiger partial charge in [0.2, 0.25) is 0 Å². The molecule has 0 unspecified atom stereocenters. The third kappa shape index (κ3) is 3.17. The van der Waals surface area contributed by atoms with Crippen molar-refractivity contribution < 1.29 is 4.79 Å². The maximum atomic E-state index is 11.9. The van der Waals surface area contributed by atoms with E-state index in [-0.39, 0.29) is 5.91 Å². The van der Waals surface area contributed by atoms with Crippen LogP contribution in [-0.4, -0.2) is 17.4 Å². The normalized spacial score (nSPS) is 10.3. The lowest BCUT2D eigenvalue weighted by atomic mass is 10.1. The van der Waals surface area contributed by atoms with Crippen molar-refractivity contribution in [2.45, 2.75) is 20.3 Å². The van der Waals surface area contributed by atoms with Crippen molar-refractivity contribution in [1.82, 2.24) is 10.3 Å². The van der Waals surface area contributed by atoms with Crippen LogP contribution >= 0.6 is 11.3 Å². The van der Waals surface area contributed by atoms with Crippen LogP contribution in [0.1, 0.15) is 26.4 Å². The van der Waals surface area contributed by atoms with Gasteiger partial charge < -0.3 is 5.32 Å². The summed E-state index contributed by atoms with van der Waals surface area (Å²) >= 11 is 1.61. The van der Waals surface area contributed by atoms with E-state index in [0.717, 1.165) is 17.5 Å². The Balaban J connectivity index is 1.89. The van der Waals surface area contributed by atoms with Gasteiger partial charge in [-0.3, -0.25) is 9.78 Å². The molecule has 1 heterocycles. The van der Waals surface area contributed by atoms with E-state index in [9.17, 15) is 4.79 Å². The van der Waals surface area contributed by atoms with Crippen molar-refractivity contribution in [3.63, 3.8) is 0 Å². The van der Waals surface area contributed by atoms with Crippen LogP contribution in [0, 0.1) is 13.8 Å². The van der Waals surface area contributed by atoms with Gasteiger partial charge in [0.15, 0.2) is 0 Å². The van der Waals surface area contributed by atoms with Gasteiger partial charge in [0, 0.05) is 29.6 Å². The fraction of sp³-hybridized carbons (Fsp3) is 0.286. The van der Waals surface area contributed by atoms with Crippen LogP contribution in [0.15, 0.2) is 29.9 Å². The molecule has 0 saturated carbocycles. The summed E-state index contributed by atoms with van der Waals surface area (Å²) in [5.74, 6) is -0.0115. The van der Waals surface area contributed by atoms with Crippen molar-refractivity contribution in [3.05, 3.63) is 51.5 Å².